The van der Waals surface area contributed by atoms with Crippen LogP contribution in [0.3, 0.4) is 0 Å². The SMILES string of the molecule is CC1CCCC(N)C1C(=O)N1CCC(N(C)C)C1. The van der Waals surface area contributed by atoms with Gasteiger partial charge in [0.1, 0.15) is 0 Å². The minimum atomic E-state index is 0.0552. The van der Waals surface area contributed by atoms with E-state index in [0.717, 1.165) is 32.4 Å². The molecule has 0 aromatic heterocycles. The number of likely N-dealkylation sites (N-methyl/N-ethyl adjacent to an activating group) is 1. The second-order valence-electron chi connectivity index (χ2n) is 6.29. The summed E-state index contributed by atoms with van der Waals surface area (Å²) in [6.07, 6.45) is 4.42. The smallest absolute Gasteiger partial charge is 0.227 e. The topological polar surface area (TPSA) is 49.6 Å². The van der Waals surface area contributed by atoms with E-state index in [0.29, 0.717) is 17.9 Å². The summed E-state index contributed by atoms with van der Waals surface area (Å²) in [5.41, 5.74) is 6.17. The van der Waals surface area contributed by atoms with Gasteiger partial charge in [-0.15, -0.1) is 0 Å². The van der Waals surface area contributed by atoms with Crippen molar-refractivity contribution in [3.63, 3.8) is 0 Å². The van der Waals surface area contributed by atoms with Gasteiger partial charge in [-0.2, -0.15) is 0 Å². The van der Waals surface area contributed by atoms with Crippen LogP contribution in [0.5, 0.6) is 0 Å². The Bertz CT molecular complexity index is 295. The van der Waals surface area contributed by atoms with Crippen LogP contribution in [0.4, 0.5) is 0 Å². The van der Waals surface area contributed by atoms with Crippen LogP contribution in [0.1, 0.15) is 32.6 Å². The maximum Gasteiger partial charge on any atom is 0.227 e. The molecule has 0 bridgehead atoms. The van der Waals surface area contributed by atoms with Crippen LogP contribution in [0.25, 0.3) is 0 Å². The first-order valence-electron chi connectivity index (χ1n) is 7.21. The highest BCUT2D eigenvalue weighted by Crippen LogP contribution is 2.31. The molecule has 0 radical (unpaired) electrons. The summed E-state index contributed by atoms with van der Waals surface area (Å²) >= 11 is 0. The van der Waals surface area contributed by atoms with E-state index in [1.54, 1.807) is 0 Å². The van der Waals surface area contributed by atoms with Crippen LogP contribution in [0, 0.1) is 11.8 Å². The van der Waals surface area contributed by atoms with Gasteiger partial charge >= 0.3 is 0 Å². The molecule has 1 saturated carbocycles. The van der Waals surface area contributed by atoms with Crippen molar-refractivity contribution in [3.05, 3.63) is 0 Å². The summed E-state index contributed by atoms with van der Waals surface area (Å²) in [4.78, 5) is 16.9. The molecule has 4 heteroatoms. The molecule has 0 aromatic carbocycles. The highest BCUT2D eigenvalue weighted by molar-refractivity contribution is 5.80. The van der Waals surface area contributed by atoms with Crippen LogP contribution in [-0.4, -0.2) is 55.0 Å². The normalized spacial score (nSPS) is 37.3. The predicted molar refractivity (Wildman–Crippen MR) is 73.2 cm³/mol. The molecule has 4 unspecified atom stereocenters. The van der Waals surface area contributed by atoms with Gasteiger partial charge in [0.15, 0.2) is 0 Å². The van der Waals surface area contributed by atoms with Gasteiger partial charge in [0.25, 0.3) is 0 Å². The number of rotatable bonds is 2. The summed E-state index contributed by atoms with van der Waals surface area (Å²) < 4.78 is 0. The zero-order valence-electron chi connectivity index (χ0n) is 11.9. The molecule has 18 heavy (non-hydrogen) atoms. The van der Waals surface area contributed by atoms with E-state index >= 15 is 0 Å². The molecule has 2 N–H and O–H groups in total. The fourth-order valence-corrected chi connectivity index (χ4v) is 3.46. The van der Waals surface area contributed by atoms with Gasteiger partial charge in [-0.05, 0) is 39.3 Å². The number of carbonyl (C=O) groups is 1. The van der Waals surface area contributed by atoms with E-state index in [4.69, 9.17) is 5.73 Å². The molecular formula is C14H27N3O. The van der Waals surface area contributed by atoms with Crippen molar-refractivity contribution < 1.29 is 4.79 Å². The molecule has 4 atom stereocenters. The Morgan fingerprint density at radius 1 is 1.28 bits per heavy atom. The Morgan fingerprint density at radius 2 is 2.00 bits per heavy atom. The molecule has 1 aliphatic carbocycles. The quantitative estimate of drug-likeness (QED) is 0.796. The highest BCUT2D eigenvalue weighted by atomic mass is 16.2. The van der Waals surface area contributed by atoms with Crippen molar-refractivity contribution in [2.24, 2.45) is 17.6 Å². The molecule has 1 saturated heterocycles. The van der Waals surface area contributed by atoms with Crippen molar-refractivity contribution >= 4 is 5.91 Å². The summed E-state index contributed by atoms with van der Waals surface area (Å²) in [5.74, 6) is 0.804. The fourth-order valence-electron chi connectivity index (χ4n) is 3.46. The second-order valence-corrected chi connectivity index (χ2v) is 6.29. The summed E-state index contributed by atoms with van der Waals surface area (Å²) in [5, 5.41) is 0. The first kappa shape index (κ1) is 13.8. The number of hydrogen-bond donors (Lipinski definition) is 1. The number of hydrogen-bond acceptors (Lipinski definition) is 3. The number of nitrogens with two attached hydrogens (primary N) is 1. The average molecular weight is 253 g/mol. The van der Waals surface area contributed by atoms with Crippen molar-refractivity contribution in [1.82, 2.24) is 9.80 Å². The molecule has 1 amide bonds. The Labute approximate surface area is 110 Å². The zero-order chi connectivity index (χ0) is 13.3. The first-order valence-corrected chi connectivity index (χ1v) is 7.21. The molecule has 1 heterocycles. The van der Waals surface area contributed by atoms with Crippen LogP contribution in [0.2, 0.25) is 0 Å². The Balaban J connectivity index is 1.98. The first-order chi connectivity index (χ1) is 8.50. The van der Waals surface area contributed by atoms with E-state index in [1.165, 1.54) is 6.42 Å². The Hall–Kier alpha value is -0.610. The fraction of sp³-hybridized carbons (Fsp3) is 0.929. The van der Waals surface area contributed by atoms with E-state index in [2.05, 4.69) is 25.9 Å². The van der Waals surface area contributed by atoms with Crippen molar-refractivity contribution in [1.29, 1.82) is 0 Å². The number of carbonyl (C=O) groups excluding carboxylic acids is 1. The predicted octanol–water partition coefficient (Wildman–Crippen LogP) is 0.912. The van der Waals surface area contributed by atoms with E-state index in [1.807, 2.05) is 4.90 Å². The lowest BCUT2D eigenvalue weighted by molar-refractivity contribution is -0.138. The maximum absolute atomic E-state index is 12.6. The third kappa shape index (κ3) is 2.69. The molecule has 2 aliphatic rings. The second kappa shape index (κ2) is 5.57. The molecule has 4 nitrogen and oxygen atoms in total. The third-order valence-corrected chi connectivity index (χ3v) is 4.76. The lowest BCUT2D eigenvalue weighted by Crippen LogP contribution is -2.48. The van der Waals surface area contributed by atoms with Crippen molar-refractivity contribution in [3.8, 4) is 0 Å². The largest absolute Gasteiger partial charge is 0.341 e. The van der Waals surface area contributed by atoms with Gasteiger partial charge < -0.3 is 15.5 Å². The zero-order valence-corrected chi connectivity index (χ0v) is 11.9. The number of nitrogens with zero attached hydrogens (tertiary/aromatic N) is 2. The Kier molecular flexibility index (Phi) is 4.28. The van der Waals surface area contributed by atoms with Crippen LogP contribution >= 0.6 is 0 Å². The van der Waals surface area contributed by atoms with Crippen LogP contribution in [0.15, 0.2) is 0 Å². The Morgan fingerprint density at radius 3 is 2.56 bits per heavy atom. The summed E-state index contributed by atoms with van der Waals surface area (Å²) in [6.45, 7) is 3.96. The van der Waals surface area contributed by atoms with Gasteiger partial charge in [-0.1, -0.05) is 13.3 Å². The minimum Gasteiger partial charge on any atom is -0.341 e. The number of likely N-dealkylation sites (tertiary alicyclic amines) is 1. The van der Waals surface area contributed by atoms with Gasteiger partial charge in [0, 0.05) is 25.2 Å². The summed E-state index contributed by atoms with van der Waals surface area (Å²) in [7, 11) is 4.18. The lowest BCUT2D eigenvalue weighted by atomic mass is 9.76. The molecule has 104 valence electrons. The standard InChI is InChI=1S/C14H27N3O/c1-10-5-4-6-12(15)13(10)14(18)17-8-7-11(9-17)16(2)3/h10-13H,4-9,15H2,1-3H3. The van der Waals surface area contributed by atoms with Crippen LogP contribution < -0.4 is 5.73 Å². The lowest BCUT2D eigenvalue weighted by Gasteiger charge is -2.35. The number of amides is 1. The van der Waals surface area contributed by atoms with Gasteiger partial charge in [0.05, 0.1) is 5.92 Å². The molecule has 0 spiro atoms. The van der Waals surface area contributed by atoms with Gasteiger partial charge in [-0.25, -0.2) is 0 Å². The average Bonchev–Trinajstić information content (AvgIpc) is 2.77. The molecule has 1 aliphatic heterocycles. The molecule has 0 aromatic rings. The molecule has 2 rings (SSSR count). The highest BCUT2D eigenvalue weighted by Gasteiger charge is 2.38. The van der Waals surface area contributed by atoms with Crippen LogP contribution in [-0.2, 0) is 4.79 Å². The van der Waals surface area contributed by atoms with E-state index < -0.39 is 0 Å². The minimum absolute atomic E-state index is 0.0552. The van der Waals surface area contributed by atoms with E-state index in [9.17, 15) is 4.79 Å². The van der Waals surface area contributed by atoms with Crippen molar-refractivity contribution in [2.45, 2.75) is 44.7 Å². The summed E-state index contributed by atoms with van der Waals surface area (Å²) in [6, 6.07) is 0.587. The molecule has 2 fully saturated rings. The van der Waals surface area contributed by atoms with E-state index in [-0.39, 0.29) is 12.0 Å². The third-order valence-electron chi connectivity index (χ3n) is 4.76. The maximum atomic E-state index is 12.6. The van der Waals surface area contributed by atoms with Gasteiger partial charge in [0.2, 0.25) is 5.91 Å². The monoisotopic (exact) mass is 253 g/mol. The molecular weight excluding hydrogens is 226 g/mol. The van der Waals surface area contributed by atoms with Crippen molar-refractivity contribution in [2.75, 3.05) is 27.2 Å². The van der Waals surface area contributed by atoms with Gasteiger partial charge in [-0.3, -0.25) is 4.79 Å².